The number of fused-ring (bicyclic) bond motifs is 1. The smallest absolute Gasteiger partial charge is 0.485 e. The van der Waals surface area contributed by atoms with Crippen LogP contribution >= 0.6 is 11.3 Å². The van der Waals surface area contributed by atoms with Gasteiger partial charge in [-0.15, -0.1) is 11.3 Å². The molecule has 7 N–H and O–H groups in total. The minimum atomic E-state index is -4.92. The van der Waals surface area contributed by atoms with Crippen molar-refractivity contribution in [3.63, 3.8) is 0 Å². The molecule has 2 aromatic carbocycles. The summed E-state index contributed by atoms with van der Waals surface area (Å²) in [7, 11) is -2.17. The minimum absolute atomic E-state index is 0.103. The van der Waals surface area contributed by atoms with Gasteiger partial charge in [0.15, 0.2) is 0 Å². The van der Waals surface area contributed by atoms with Gasteiger partial charge in [-0.05, 0) is 45.9 Å². The number of thiazole rings is 1. The largest absolute Gasteiger partial charge is 0.631 e. The topological polar surface area (TPSA) is 199 Å². The number of ether oxygens (including phenoxy) is 1. The molecule has 3 aromatic rings. The van der Waals surface area contributed by atoms with Gasteiger partial charge in [-0.25, -0.2) is 4.98 Å². The number of hydrogen-bond donors (Lipinski definition) is 7. The number of aliphatic hydroxyl groups is 1. The van der Waals surface area contributed by atoms with Gasteiger partial charge in [0, 0.05) is 0 Å². The fraction of sp³-hybridized carbons (Fsp3) is 0.333. The third-order valence-electron chi connectivity index (χ3n) is 4.78. The van der Waals surface area contributed by atoms with Gasteiger partial charge >= 0.3 is 95.7 Å². The molecule has 0 aliphatic heterocycles. The van der Waals surface area contributed by atoms with Gasteiger partial charge in [-0.3, -0.25) is 0 Å². The minimum Gasteiger partial charge on any atom is -0.485 e. The van der Waals surface area contributed by atoms with Gasteiger partial charge in [0.05, 0.1) is 21.3 Å². The van der Waals surface area contributed by atoms with E-state index in [-0.39, 0.29) is 15.9 Å². The molecule has 15 heteroatoms. The fourth-order valence-corrected chi connectivity index (χ4v) is 4.76. The van der Waals surface area contributed by atoms with Gasteiger partial charge in [0.1, 0.15) is 11.4 Å². The van der Waals surface area contributed by atoms with Gasteiger partial charge in [0.2, 0.25) is 0 Å². The van der Waals surface area contributed by atoms with Gasteiger partial charge in [-0.1, -0.05) is 0 Å². The molecule has 1 heterocycles. The molecular formula is C21H30AsBN2O10S. The zero-order chi connectivity index (χ0) is 27.7. The number of nitrogens with one attached hydrogen (secondary N) is 1. The van der Waals surface area contributed by atoms with Crippen LogP contribution < -0.4 is 14.4 Å². The standard InChI is InChI=1S/C13H17NO2S.C8H10AsNO5.BH3O3/c1-12(2,15)13(3,4)16-9-5-6-10-11(7-9)17-8-14-10;1-6(11)10-8-5-3-2-4-7(8)9(12,13)15-14;2-1(3)4/h5-8,15H,1-4H3;2-5,14H,1H3,(H,10,11)(H,12,13);2-4H. The molecule has 0 fully saturated rings. The van der Waals surface area contributed by atoms with E-state index in [2.05, 4.69) is 14.2 Å². The molecule has 0 radical (unpaired) electrons. The molecule has 3 rings (SSSR count). The molecule has 1 aromatic heterocycles. The maximum Gasteiger partial charge on any atom is 0.631 e. The average molecular weight is 588 g/mol. The summed E-state index contributed by atoms with van der Waals surface area (Å²) in [6, 6.07) is 11.6. The number of amides is 1. The number of carbonyl (C=O) groups is 1. The predicted octanol–water partition coefficient (Wildman–Crippen LogP) is 0.876. The first kappa shape index (κ1) is 31.8. The fourth-order valence-electron chi connectivity index (χ4n) is 2.38. The summed E-state index contributed by atoms with van der Waals surface area (Å²) in [5.74, 6) is 0.379. The first-order valence-corrected chi connectivity index (χ1v) is 14.5. The van der Waals surface area contributed by atoms with Crippen molar-refractivity contribution in [1.82, 2.24) is 4.98 Å². The number of rotatable bonds is 6. The van der Waals surface area contributed by atoms with Crippen LogP contribution in [0.4, 0.5) is 5.69 Å². The van der Waals surface area contributed by atoms with Gasteiger partial charge in [0.25, 0.3) is 0 Å². The number of hydrogen-bond acceptors (Lipinski definition) is 11. The number of carbonyl (C=O) groups excluding carboxylic acids is 1. The normalized spacial score (nSPS) is 12.9. The summed E-state index contributed by atoms with van der Waals surface area (Å²) in [5.41, 5.74) is 1.39. The van der Waals surface area contributed by atoms with Crippen LogP contribution in [0.25, 0.3) is 10.2 Å². The Balaban J connectivity index is 0.000000316. The average Bonchev–Trinajstić information content (AvgIpc) is 3.20. The zero-order valence-electron chi connectivity index (χ0n) is 20.3. The molecule has 1 atom stereocenters. The summed E-state index contributed by atoms with van der Waals surface area (Å²) in [4.78, 5) is 15.0. The Bertz CT molecular complexity index is 1180. The van der Waals surface area contributed by atoms with E-state index in [0.29, 0.717) is 0 Å². The number of anilines is 1. The summed E-state index contributed by atoms with van der Waals surface area (Å²) in [6.45, 7) is 8.52. The molecule has 0 aliphatic rings. The Hall–Kier alpha value is -2.26. The predicted molar refractivity (Wildman–Crippen MR) is 136 cm³/mol. The van der Waals surface area contributed by atoms with Crippen LogP contribution in [-0.4, -0.2) is 73.1 Å². The van der Waals surface area contributed by atoms with Crippen LogP contribution in [0.3, 0.4) is 0 Å². The molecule has 0 saturated heterocycles. The van der Waals surface area contributed by atoms with Crippen molar-refractivity contribution in [3.8, 4) is 5.75 Å². The second kappa shape index (κ2) is 13.3. The molecule has 1 amide bonds. The zero-order valence-corrected chi connectivity index (χ0v) is 23.0. The van der Waals surface area contributed by atoms with Crippen molar-refractivity contribution in [1.29, 1.82) is 0 Å². The molecule has 0 aliphatic carbocycles. The number of aromatic nitrogens is 1. The number of nitrogens with zero attached hydrogens (tertiary/aromatic N) is 1. The van der Waals surface area contributed by atoms with Gasteiger partial charge in [-0.2, -0.15) is 0 Å². The van der Waals surface area contributed by atoms with E-state index in [1.54, 1.807) is 31.3 Å². The summed E-state index contributed by atoms with van der Waals surface area (Å²) in [6.07, 6.45) is 0. The maximum absolute atomic E-state index is 11.4. The Morgan fingerprint density at radius 2 is 1.69 bits per heavy atom. The van der Waals surface area contributed by atoms with Crippen molar-refractivity contribution in [3.05, 3.63) is 48.0 Å². The maximum atomic E-state index is 11.4. The number of benzene rings is 2. The van der Waals surface area contributed by atoms with E-state index < -0.39 is 32.7 Å². The first-order valence-electron chi connectivity index (χ1n) is 10.3. The van der Waals surface area contributed by atoms with Crippen molar-refractivity contribution in [2.75, 3.05) is 5.32 Å². The van der Waals surface area contributed by atoms with E-state index in [0.717, 1.165) is 16.0 Å². The summed E-state index contributed by atoms with van der Waals surface area (Å²) >= 11 is -3.34. The molecule has 12 nitrogen and oxygen atoms in total. The number of para-hydroxylation sites is 1. The Morgan fingerprint density at radius 3 is 2.22 bits per heavy atom. The van der Waals surface area contributed by atoms with Crippen molar-refractivity contribution >= 4 is 59.0 Å². The van der Waals surface area contributed by atoms with Crippen LogP contribution in [0.15, 0.2) is 48.0 Å². The molecule has 0 spiro atoms. The van der Waals surface area contributed by atoms with E-state index in [1.807, 2.05) is 37.6 Å². The SMILES string of the molecule is CC(=O)Nc1ccccc1[As](=O)(O)OO.CC(C)(O)C(C)(C)Oc1ccc2ncsc2c1.OB(O)O. The molecule has 198 valence electrons. The van der Waals surface area contributed by atoms with Crippen LogP contribution in [0.1, 0.15) is 34.6 Å². The quantitative estimate of drug-likeness (QED) is 0.123. The van der Waals surface area contributed by atoms with Crippen LogP contribution in [-0.2, 0) is 12.4 Å². The first-order chi connectivity index (χ1) is 16.5. The molecule has 0 saturated carbocycles. The van der Waals surface area contributed by atoms with E-state index in [4.69, 9.17) is 25.1 Å². The Kier molecular flexibility index (Phi) is 11.8. The van der Waals surface area contributed by atoms with E-state index in [9.17, 15) is 17.7 Å². The summed E-state index contributed by atoms with van der Waals surface area (Å²) in [5, 5.41) is 42.2. The van der Waals surface area contributed by atoms with E-state index >= 15 is 0 Å². The Morgan fingerprint density at radius 1 is 1.11 bits per heavy atom. The summed E-state index contributed by atoms with van der Waals surface area (Å²) < 4.78 is 31.1. The monoisotopic (exact) mass is 588 g/mol. The van der Waals surface area contributed by atoms with Crippen LogP contribution in [0.2, 0.25) is 0 Å². The van der Waals surface area contributed by atoms with Crippen molar-refractivity contribution in [2.45, 2.75) is 45.8 Å². The molecule has 1 unspecified atom stereocenters. The molecule has 0 bridgehead atoms. The van der Waals surface area contributed by atoms with Gasteiger partial charge < -0.3 is 24.9 Å². The molecular weight excluding hydrogens is 558 g/mol. The second-order valence-corrected chi connectivity index (χ2v) is 12.7. The third kappa shape index (κ3) is 10.0. The third-order valence-corrected chi connectivity index (χ3v) is 8.13. The van der Waals surface area contributed by atoms with Crippen LogP contribution in [0, 0.1) is 0 Å². The van der Waals surface area contributed by atoms with Crippen molar-refractivity contribution < 1.29 is 46.7 Å². The van der Waals surface area contributed by atoms with Crippen molar-refractivity contribution in [2.24, 2.45) is 0 Å². The second-order valence-electron chi connectivity index (χ2n) is 8.30. The van der Waals surface area contributed by atoms with Crippen LogP contribution in [0.5, 0.6) is 5.75 Å². The van der Waals surface area contributed by atoms with E-state index in [1.165, 1.54) is 25.1 Å². The molecule has 36 heavy (non-hydrogen) atoms. The Labute approximate surface area is 215 Å².